The molecule has 6 heteroatoms. The minimum Gasteiger partial charge on any atom is -0.497 e. The molecule has 0 heterocycles. The van der Waals surface area contributed by atoms with Gasteiger partial charge in [-0.3, -0.25) is 9.59 Å². The summed E-state index contributed by atoms with van der Waals surface area (Å²) in [5, 5.41) is 2.70. The Kier molecular flexibility index (Phi) is 8.16. The Hall–Kier alpha value is -3.02. The molecule has 0 fully saturated rings. The largest absolute Gasteiger partial charge is 0.497 e. The predicted octanol–water partition coefficient (Wildman–Crippen LogP) is 3.60. The maximum Gasteiger partial charge on any atom is 0.306 e. The third-order valence-corrected chi connectivity index (χ3v) is 3.86. The zero-order valence-electron chi connectivity index (χ0n) is 15.7. The van der Waals surface area contributed by atoms with E-state index < -0.39 is 5.97 Å². The van der Waals surface area contributed by atoms with E-state index in [4.69, 9.17) is 14.2 Å². The number of aryl methyl sites for hydroxylation is 1. The van der Waals surface area contributed by atoms with Gasteiger partial charge in [0.1, 0.15) is 11.5 Å². The second-order valence-electron chi connectivity index (χ2n) is 5.89. The molecule has 0 unspecified atom stereocenters. The van der Waals surface area contributed by atoms with Crippen LogP contribution in [0.5, 0.6) is 11.5 Å². The second kappa shape index (κ2) is 10.9. The normalized spacial score (nSPS) is 10.1. The molecular weight excluding hydrogens is 346 g/mol. The van der Waals surface area contributed by atoms with Crippen LogP contribution in [-0.2, 0) is 20.7 Å². The van der Waals surface area contributed by atoms with Gasteiger partial charge >= 0.3 is 5.97 Å². The minimum absolute atomic E-state index is 0.189. The molecule has 144 valence electrons. The van der Waals surface area contributed by atoms with Gasteiger partial charge in [-0.25, -0.2) is 0 Å². The molecule has 0 saturated heterocycles. The molecule has 2 rings (SSSR count). The van der Waals surface area contributed by atoms with Crippen LogP contribution in [-0.4, -0.2) is 32.2 Å². The van der Waals surface area contributed by atoms with E-state index in [0.29, 0.717) is 24.5 Å². The van der Waals surface area contributed by atoms with E-state index in [9.17, 15) is 9.59 Å². The zero-order chi connectivity index (χ0) is 19.5. The number of benzene rings is 2. The van der Waals surface area contributed by atoms with E-state index in [1.807, 2.05) is 24.3 Å². The SMILES string of the molecule is CCc1ccc(NC(=O)COC(=O)CCCOc2ccc(OC)cc2)cc1. The lowest BCUT2D eigenvalue weighted by Gasteiger charge is -2.08. The third-order valence-electron chi connectivity index (χ3n) is 3.86. The number of hydrogen-bond acceptors (Lipinski definition) is 5. The lowest BCUT2D eigenvalue weighted by molar-refractivity contribution is -0.147. The number of carbonyl (C=O) groups excluding carboxylic acids is 2. The van der Waals surface area contributed by atoms with Crippen molar-refractivity contribution in [2.45, 2.75) is 26.2 Å². The van der Waals surface area contributed by atoms with Gasteiger partial charge in [-0.15, -0.1) is 0 Å². The highest BCUT2D eigenvalue weighted by atomic mass is 16.5. The van der Waals surface area contributed by atoms with Gasteiger partial charge in [-0.1, -0.05) is 19.1 Å². The molecular formula is C21H25NO5. The molecule has 0 bridgehead atoms. The lowest BCUT2D eigenvalue weighted by Crippen LogP contribution is -2.21. The summed E-state index contributed by atoms with van der Waals surface area (Å²) in [6.45, 7) is 2.15. The number of hydrogen-bond donors (Lipinski definition) is 1. The van der Waals surface area contributed by atoms with Gasteiger partial charge in [-0.2, -0.15) is 0 Å². The van der Waals surface area contributed by atoms with Crippen LogP contribution in [0, 0.1) is 0 Å². The number of amides is 1. The van der Waals surface area contributed by atoms with Crippen molar-refractivity contribution in [2.24, 2.45) is 0 Å². The summed E-state index contributed by atoms with van der Waals surface area (Å²) in [6, 6.07) is 14.8. The van der Waals surface area contributed by atoms with Crippen LogP contribution in [0.25, 0.3) is 0 Å². The highest BCUT2D eigenvalue weighted by Gasteiger charge is 2.08. The Labute approximate surface area is 159 Å². The molecule has 2 aromatic rings. The topological polar surface area (TPSA) is 73.9 Å². The van der Waals surface area contributed by atoms with Crippen molar-refractivity contribution in [1.29, 1.82) is 0 Å². The summed E-state index contributed by atoms with van der Waals surface area (Å²) in [5.41, 5.74) is 1.87. The Morgan fingerprint density at radius 1 is 0.963 bits per heavy atom. The second-order valence-corrected chi connectivity index (χ2v) is 5.89. The Balaban J connectivity index is 1.59. The van der Waals surface area contributed by atoms with Gasteiger partial charge in [-0.05, 0) is 54.8 Å². The van der Waals surface area contributed by atoms with Crippen LogP contribution in [0.4, 0.5) is 5.69 Å². The molecule has 0 saturated carbocycles. The van der Waals surface area contributed by atoms with Crippen LogP contribution in [0.2, 0.25) is 0 Å². The summed E-state index contributed by atoms with van der Waals surface area (Å²) in [6.07, 6.45) is 1.63. The number of rotatable bonds is 10. The van der Waals surface area contributed by atoms with Gasteiger partial charge in [0.2, 0.25) is 0 Å². The fraction of sp³-hybridized carbons (Fsp3) is 0.333. The highest BCUT2D eigenvalue weighted by Crippen LogP contribution is 2.17. The lowest BCUT2D eigenvalue weighted by atomic mass is 10.1. The number of anilines is 1. The summed E-state index contributed by atoms with van der Waals surface area (Å²) in [7, 11) is 1.60. The van der Waals surface area contributed by atoms with E-state index in [-0.39, 0.29) is 18.9 Å². The summed E-state index contributed by atoms with van der Waals surface area (Å²) in [5.74, 6) is 0.676. The first kappa shape index (κ1) is 20.3. The number of esters is 1. The summed E-state index contributed by atoms with van der Waals surface area (Å²) in [4.78, 5) is 23.5. The quantitative estimate of drug-likeness (QED) is 0.510. The molecule has 0 aromatic heterocycles. The third kappa shape index (κ3) is 7.40. The molecule has 0 atom stereocenters. The number of nitrogens with one attached hydrogen (secondary N) is 1. The first-order chi connectivity index (χ1) is 13.1. The van der Waals surface area contributed by atoms with E-state index in [1.54, 1.807) is 31.4 Å². The molecule has 1 amide bonds. The van der Waals surface area contributed by atoms with E-state index in [0.717, 1.165) is 12.2 Å². The standard InChI is InChI=1S/C21H25NO5/c1-3-16-6-8-17(9-7-16)22-20(23)15-27-21(24)5-4-14-26-19-12-10-18(25-2)11-13-19/h6-13H,3-5,14-15H2,1-2H3,(H,22,23). The van der Waals surface area contributed by atoms with Crippen molar-refractivity contribution in [3.8, 4) is 11.5 Å². The number of carbonyl (C=O) groups is 2. The Bertz CT molecular complexity index is 725. The van der Waals surface area contributed by atoms with E-state index in [1.165, 1.54) is 5.56 Å². The molecule has 2 aromatic carbocycles. The van der Waals surface area contributed by atoms with Crippen molar-refractivity contribution >= 4 is 17.6 Å². The van der Waals surface area contributed by atoms with Crippen LogP contribution in [0.3, 0.4) is 0 Å². The average molecular weight is 371 g/mol. The van der Waals surface area contributed by atoms with Gasteiger partial charge < -0.3 is 19.5 Å². The van der Waals surface area contributed by atoms with Gasteiger partial charge in [0.15, 0.2) is 6.61 Å². The van der Waals surface area contributed by atoms with Crippen molar-refractivity contribution in [2.75, 3.05) is 25.6 Å². The zero-order valence-corrected chi connectivity index (χ0v) is 15.7. The first-order valence-corrected chi connectivity index (χ1v) is 8.92. The van der Waals surface area contributed by atoms with Crippen LogP contribution in [0.1, 0.15) is 25.3 Å². The van der Waals surface area contributed by atoms with E-state index in [2.05, 4.69) is 12.2 Å². The fourth-order valence-electron chi connectivity index (χ4n) is 2.32. The molecule has 27 heavy (non-hydrogen) atoms. The summed E-state index contributed by atoms with van der Waals surface area (Å²) < 4.78 is 15.6. The highest BCUT2D eigenvalue weighted by molar-refractivity contribution is 5.92. The van der Waals surface area contributed by atoms with Crippen molar-refractivity contribution < 1.29 is 23.8 Å². The van der Waals surface area contributed by atoms with Crippen molar-refractivity contribution in [3.05, 3.63) is 54.1 Å². The average Bonchev–Trinajstić information content (AvgIpc) is 2.70. The maximum atomic E-state index is 11.8. The molecule has 0 aliphatic rings. The maximum absolute atomic E-state index is 11.8. The first-order valence-electron chi connectivity index (χ1n) is 8.92. The molecule has 0 spiro atoms. The molecule has 6 nitrogen and oxygen atoms in total. The van der Waals surface area contributed by atoms with Gasteiger partial charge in [0.05, 0.1) is 13.7 Å². The molecule has 0 radical (unpaired) electrons. The van der Waals surface area contributed by atoms with Gasteiger partial charge in [0, 0.05) is 12.1 Å². The van der Waals surface area contributed by atoms with E-state index >= 15 is 0 Å². The van der Waals surface area contributed by atoms with Crippen LogP contribution in [0.15, 0.2) is 48.5 Å². The monoisotopic (exact) mass is 371 g/mol. The number of ether oxygens (including phenoxy) is 3. The van der Waals surface area contributed by atoms with Crippen molar-refractivity contribution in [3.63, 3.8) is 0 Å². The van der Waals surface area contributed by atoms with Gasteiger partial charge in [0.25, 0.3) is 5.91 Å². The van der Waals surface area contributed by atoms with Crippen molar-refractivity contribution in [1.82, 2.24) is 0 Å². The Morgan fingerprint density at radius 3 is 2.26 bits per heavy atom. The molecule has 1 N–H and O–H groups in total. The minimum atomic E-state index is -0.426. The van der Waals surface area contributed by atoms with Crippen LogP contribution < -0.4 is 14.8 Å². The van der Waals surface area contributed by atoms with Crippen LogP contribution >= 0.6 is 0 Å². The Morgan fingerprint density at radius 2 is 1.63 bits per heavy atom. The fourth-order valence-corrected chi connectivity index (χ4v) is 2.32. The summed E-state index contributed by atoms with van der Waals surface area (Å²) >= 11 is 0. The molecule has 0 aliphatic heterocycles. The number of methoxy groups -OCH3 is 1. The molecule has 0 aliphatic carbocycles. The predicted molar refractivity (Wildman–Crippen MR) is 103 cm³/mol. The smallest absolute Gasteiger partial charge is 0.306 e.